The van der Waals surface area contributed by atoms with Crippen molar-refractivity contribution in [2.45, 2.75) is 33.6 Å². The van der Waals surface area contributed by atoms with Crippen LogP contribution < -0.4 is 0 Å². The number of carbonyl (C=O) groups is 2. The van der Waals surface area contributed by atoms with Gasteiger partial charge in [-0.3, -0.25) is 9.79 Å². The molecule has 2 atom stereocenters. The van der Waals surface area contributed by atoms with Crippen molar-refractivity contribution in [3.8, 4) is 0 Å². The number of ether oxygens (including phenoxy) is 2. The number of hydrogen-bond donors (Lipinski definition) is 0. The first-order valence-corrected chi connectivity index (χ1v) is 7.80. The molecule has 1 aromatic rings. The molecule has 0 saturated heterocycles. The molecule has 5 heteroatoms. The van der Waals surface area contributed by atoms with Crippen LogP contribution in [0.1, 0.15) is 36.5 Å². The fourth-order valence-corrected chi connectivity index (χ4v) is 3.39. The molecular weight excluding hydrogens is 306 g/mol. The lowest BCUT2D eigenvalue weighted by Crippen LogP contribution is -2.36. The lowest BCUT2D eigenvalue weighted by Gasteiger charge is -2.31. The predicted molar refractivity (Wildman–Crippen MR) is 92.0 cm³/mol. The first-order chi connectivity index (χ1) is 11.3. The quantitative estimate of drug-likeness (QED) is 0.799. The van der Waals surface area contributed by atoms with Crippen LogP contribution in [0.5, 0.6) is 0 Å². The standard InChI is InChI=1S/C19H23NO4/c1-10-7-11(2)9-14(8-10)17-15(18(21)23-5)12(3)20-13(4)16(17)19(22)24-6/h7-9,15,17H,1-6H3. The van der Waals surface area contributed by atoms with Crippen molar-refractivity contribution in [3.05, 3.63) is 46.2 Å². The fourth-order valence-electron chi connectivity index (χ4n) is 3.39. The number of rotatable bonds is 3. The van der Waals surface area contributed by atoms with Crippen LogP contribution in [0, 0.1) is 19.8 Å². The number of nitrogens with zero attached hydrogens (tertiary/aromatic N) is 1. The van der Waals surface area contributed by atoms with Crippen LogP contribution in [0.25, 0.3) is 0 Å². The third-order valence-corrected chi connectivity index (χ3v) is 4.29. The second kappa shape index (κ2) is 6.99. The summed E-state index contributed by atoms with van der Waals surface area (Å²) in [5.74, 6) is -1.99. The van der Waals surface area contributed by atoms with Gasteiger partial charge in [-0.2, -0.15) is 0 Å². The zero-order valence-electron chi connectivity index (χ0n) is 15.0. The van der Waals surface area contributed by atoms with Crippen molar-refractivity contribution in [1.82, 2.24) is 0 Å². The molecule has 0 aromatic heterocycles. The molecule has 1 heterocycles. The van der Waals surface area contributed by atoms with Gasteiger partial charge >= 0.3 is 11.9 Å². The molecule has 2 rings (SSSR count). The van der Waals surface area contributed by atoms with Crippen LogP contribution in [0.4, 0.5) is 0 Å². The molecule has 2 unspecified atom stereocenters. The van der Waals surface area contributed by atoms with Gasteiger partial charge in [0.15, 0.2) is 0 Å². The van der Waals surface area contributed by atoms with E-state index in [1.54, 1.807) is 13.8 Å². The lowest BCUT2D eigenvalue weighted by atomic mass is 9.75. The minimum absolute atomic E-state index is 0.406. The number of hydrogen-bond acceptors (Lipinski definition) is 5. The van der Waals surface area contributed by atoms with Gasteiger partial charge in [-0.15, -0.1) is 0 Å². The third kappa shape index (κ3) is 3.25. The normalized spacial score (nSPS) is 20.5. The van der Waals surface area contributed by atoms with Gasteiger partial charge in [-0.25, -0.2) is 4.79 Å². The van der Waals surface area contributed by atoms with Gasteiger partial charge in [0.25, 0.3) is 0 Å². The van der Waals surface area contributed by atoms with Crippen LogP contribution in [-0.4, -0.2) is 31.9 Å². The van der Waals surface area contributed by atoms with Crippen LogP contribution >= 0.6 is 0 Å². The maximum atomic E-state index is 12.4. The summed E-state index contributed by atoms with van der Waals surface area (Å²) >= 11 is 0. The average Bonchev–Trinajstić information content (AvgIpc) is 2.51. The molecule has 24 heavy (non-hydrogen) atoms. The molecule has 0 spiro atoms. The Morgan fingerprint density at radius 2 is 1.54 bits per heavy atom. The van der Waals surface area contributed by atoms with Gasteiger partial charge in [0.05, 0.1) is 19.8 Å². The highest BCUT2D eigenvalue weighted by Gasteiger charge is 2.42. The number of aryl methyl sites for hydroxylation is 2. The minimum Gasteiger partial charge on any atom is -0.468 e. The van der Waals surface area contributed by atoms with Crippen molar-refractivity contribution in [1.29, 1.82) is 0 Å². The van der Waals surface area contributed by atoms with Gasteiger partial charge in [0, 0.05) is 17.3 Å². The van der Waals surface area contributed by atoms with Gasteiger partial charge in [0.1, 0.15) is 5.92 Å². The number of methoxy groups -OCH3 is 2. The van der Waals surface area contributed by atoms with Crippen LogP contribution in [-0.2, 0) is 19.1 Å². The van der Waals surface area contributed by atoms with E-state index in [2.05, 4.69) is 11.1 Å². The molecule has 128 valence electrons. The summed E-state index contributed by atoms with van der Waals surface area (Å²) < 4.78 is 9.93. The first-order valence-electron chi connectivity index (χ1n) is 7.80. The molecule has 0 aliphatic carbocycles. The molecule has 0 fully saturated rings. The number of esters is 2. The zero-order valence-corrected chi connectivity index (χ0v) is 15.0. The summed E-state index contributed by atoms with van der Waals surface area (Å²) in [5.41, 5.74) is 4.63. The third-order valence-electron chi connectivity index (χ3n) is 4.29. The topological polar surface area (TPSA) is 65.0 Å². The van der Waals surface area contributed by atoms with E-state index in [0.717, 1.165) is 16.7 Å². The molecule has 1 aliphatic heterocycles. The molecule has 5 nitrogen and oxygen atoms in total. The maximum Gasteiger partial charge on any atom is 0.336 e. The highest BCUT2D eigenvalue weighted by Crippen LogP contribution is 2.40. The van der Waals surface area contributed by atoms with Gasteiger partial charge in [-0.05, 0) is 33.3 Å². The second-order valence-electron chi connectivity index (χ2n) is 6.14. The van der Waals surface area contributed by atoms with Crippen molar-refractivity contribution < 1.29 is 19.1 Å². The smallest absolute Gasteiger partial charge is 0.336 e. The van der Waals surface area contributed by atoms with E-state index >= 15 is 0 Å². The molecule has 0 saturated carbocycles. The van der Waals surface area contributed by atoms with Gasteiger partial charge in [0.2, 0.25) is 0 Å². The first kappa shape index (κ1) is 17.9. The van der Waals surface area contributed by atoms with E-state index in [9.17, 15) is 9.59 Å². The molecule has 0 bridgehead atoms. The van der Waals surface area contributed by atoms with Crippen LogP contribution in [0.2, 0.25) is 0 Å². The van der Waals surface area contributed by atoms with Gasteiger partial charge < -0.3 is 9.47 Å². The van der Waals surface area contributed by atoms with Crippen molar-refractivity contribution in [2.75, 3.05) is 14.2 Å². The highest BCUT2D eigenvalue weighted by molar-refractivity contribution is 6.06. The Bertz CT molecular complexity index is 725. The summed E-state index contributed by atoms with van der Waals surface area (Å²) in [7, 11) is 2.68. The van der Waals surface area contributed by atoms with E-state index < -0.39 is 23.8 Å². The monoisotopic (exact) mass is 329 g/mol. The summed E-state index contributed by atoms with van der Waals surface area (Å²) in [4.78, 5) is 29.2. The number of benzene rings is 1. The Morgan fingerprint density at radius 3 is 2.04 bits per heavy atom. The SMILES string of the molecule is COC(=O)C1=C(C)N=C(C)C(C(=O)OC)C1c1cc(C)cc(C)c1. The summed E-state index contributed by atoms with van der Waals surface area (Å²) in [6, 6.07) is 6.03. The zero-order chi connectivity index (χ0) is 18.0. The second-order valence-corrected chi connectivity index (χ2v) is 6.14. The Morgan fingerprint density at radius 1 is 0.958 bits per heavy atom. The summed E-state index contributed by atoms with van der Waals surface area (Å²) in [6.07, 6.45) is 0. The molecule has 1 aliphatic rings. The van der Waals surface area contributed by atoms with E-state index in [4.69, 9.17) is 9.47 Å². The molecule has 1 aromatic carbocycles. The molecule has 0 radical (unpaired) electrons. The fraction of sp³-hybridized carbons (Fsp3) is 0.421. The average molecular weight is 329 g/mol. The minimum atomic E-state index is -0.644. The number of carbonyl (C=O) groups excluding carboxylic acids is 2. The van der Waals surface area contributed by atoms with Crippen molar-refractivity contribution in [3.63, 3.8) is 0 Å². The van der Waals surface area contributed by atoms with E-state index in [1.165, 1.54) is 14.2 Å². The van der Waals surface area contributed by atoms with Crippen molar-refractivity contribution in [2.24, 2.45) is 10.9 Å². The highest BCUT2D eigenvalue weighted by atomic mass is 16.5. The Hall–Kier alpha value is -2.43. The van der Waals surface area contributed by atoms with E-state index in [1.807, 2.05) is 26.0 Å². The molecule has 0 N–H and O–H groups in total. The number of allylic oxidation sites excluding steroid dienone is 1. The summed E-state index contributed by atoms with van der Waals surface area (Å²) in [6.45, 7) is 7.53. The molecular formula is C19H23NO4. The Kier molecular flexibility index (Phi) is 5.22. The Labute approximate surface area is 142 Å². The van der Waals surface area contributed by atoms with Crippen LogP contribution in [0.3, 0.4) is 0 Å². The van der Waals surface area contributed by atoms with E-state index in [0.29, 0.717) is 17.0 Å². The predicted octanol–water partition coefficient (Wildman–Crippen LogP) is 3.10. The number of aliphatic imine (C=N–C) groups is 1. The largest absolute Gasteiger partial charge is 0.468 e. The summed E-state index contributed by atoms with van der Waals surface area (Å²) in [5, 5.41) is 0. The lowest BCUT2D eigenvalue weighted by molar-refractivity contribution is -0.143. The molecule has 0 amide bonds. The maximum absolute atomic E-state index is 12.4. The van der Waals surface area contributed by atoms with Gasteiger partial charge in [-0.1, -0.05) is 29.3 Å². The van der Waals surface area contributed by atoms with Crippen molar-refractivity contribution >= 4 is 17.7 Å². The van der Waals surface area contributed by atoms with Crippen LogP contribution in [0.15, 0.2) is 34.5 Å². The van der Waals surface area contributed by atoms with E-state index in [-0.39, 0.29) is 0 Å². The Balaban J connectivity index is 2.72.